The number of amides is 1. The van der Waals surface area contributed by atoms with Crippen molar-refractivity contribution in [2.75, 3.05) is 20.3 Å². The molecule has 8 heteroatoms. The second-order valence-corrected chi connectivity index (χ2v) is 5.56. The molecule has 0 fully saturated rings. The Hall–Kier alpha value is -2.90. The zero-order valence-electron chi connectivity index (χ0n) is 15.0. The van der Waals surface area contributed by atoms with Crippen LogP contribution >= 0.6 is 0 Å². The van der Waals surface area contributed by atoms with E-state index in [0.717, 1.165) is 0 Å². The molecular weight excluding hydrogens is 342 g/mol. The lowest BCUT2D eigenvalue weighted by Gasteiger charge is -2.21. The van der Waals surface area contributed by atoms with Gasteiger partial charge in [-0.3, -0.25) is 9.59 Å². The number of hydrogen-bond acceptors (Lipinski definition) is 7. The lowest BCUT2D eigenvalue weighted by atomic mass is 9.99. The van der Waals surface area contributed by atoms with E-state index < -0.39 is 37.1 Å². The van der Waals surface area contributed by atoms with Gasteiger partial charge in [0.1, 0.15) is 11.8 Å². The van der Waals surface area contributed by atoms with Crippen LogP contribution in [0, 0.1) is 5.92 Å². The Morgan fingerprint density at radius 2 is 1.88 bits per heavy atom. The molecule has 0 saturated carbocycles. The van der Waals surface area contributed by atoms with Crippen molar-refractivity contribution < 1.29 is 33.4 Å². The van der Waals surface area contributed by atoms with Gasteiger partial charge in [0.25, 0.3) is 5.91 Å². The normalized spacial score (nSPS) is 12.4. The summed E-state index contributed by atoms with van der Waals surface area (Å²) in [6.45, 7) is 2.67. The Morgan fingerprint density at radius 3 is 2.50 bits per heavy atom. The first-order valence-electron chi connectivity index (χ1n) is 8.12. The van der Waals surface area contributed by atoms with Crippen LogP contribution in [0.4, 0.5) is 0 Å². The number of nitrogens with one attached hydrogen (secondary N) is 1. The summed E-state index contributed by atoms with van der Waals surface area (Å²) in [5.74, 6) is -1.86. The maximum atomic E-state index is 11.9. The lowest BCUT2D eigenvalue weighted by molar-refractivity contribution is -0.152. The Morgan fingerprint density at radius 1 is 1.19 bits per heavy atom. The van der Waals surface area contributed by atoms with Gasteiger partial charge in [0.15, 0.2) is 19.5 Å². The molecule has 1 aromatic rings. The first kappa shape index (κ1) is 21.1. The number of ether oxygens (including phenoxy) is 3. The molecule has 0 bridgehead atoms. The predicted molar refractivity (Wildman–Crippen MR) is 91.7 cm³/mol. The molecule has 0 heterocycles. The van der Waals surface area contributed by atoms with E-state index in [0.29, 0.717) is 18.3 Å². The third kappa shape index (κ3) is 6.54. The van der Waals surface area contributed by atoms with E-state index in [1.165, 1.54) is 13.2 Å². The summed E-state index contributed by atoms with van der Waals surface area (Å²) < 4.78 is 14.7. The first-order chi connectivity index (χ1) is 12.4. The summed E-state index contributed by atoms with van der Waals surface area (Å²) >= 11 is 0. The molecule has 0 saturated heterocycles. The molecule has 0 unspecified atom stereocenters. The van der Waals surface area contributed by atoms with Gasteiger partial charge in [-0.1, -0.05) is 32.4 Å². The monoisotopic (exact) mass is 365 g/mol. The van der Waals surface area contributed by atoms with Gasteiger partial charge in [-0.2, -0.15) is 0 Å². The molecule has 0 radical (unpaired) electrons. The van der Waals surface area contributed by atoms with Gasteiger partial charge in [-0.25, -0.2) is 9.59 Å². The van der Waals surface area contributed by atoms with Crippen LogP contribution in [0.25, 0.3) is 0 Å². The molecule has 1 amide bonds. The van der Waals surface area contributed by atoms with Crippen LogP contribution in [0.1, 0.15) is 30.6 Å². The quantitative estimate of drug-likeness (QED) is 0.489. The average molecular weight is 365 g/mol. The molecule has 1 N–H and O–H groups in total. The fraction of sp³-hybridized carbons (Fsp3) is 0.444. The number of carbonyl (C=O) groups is 4. The fourth-order valence-electron chi connectivity index (χ4n) is 2.04. The van der Waals surface area contributed by atoms with Crippen molar-refractivity contribution in [2.24, 2.45) is 5.92 Å². The van der Waals surface area contributed by atoms with Gasteiger partial charge in [-0.15, -0.1) is 0 Å². The summed E-state index contributed by atoms with van der Waals surface area (Å²) in [7, 11) is 1.23. The van der Waals surface area contributed by atoms with Crippen LogP contribution in [-0.4, -0.2) is 50.5 Å². The highest BCUT2D eigenvalue weighted by Gasteiger charge is 2.26. The zero-order valence-corrected chi connectivity index (χ0v) is 15.0. The standard InChI is InChI=1S/C18H23NO7/c1-4-12(2)17(18(23)24-3)19-15(21)10-26-16(22)11-25-14-8-6-5-7-13(14)9-20/h5-9,12,17H,4,10-11H2,1-3H3,(H,19,21)/t12-,17-/m0/s1. The van der Waals surface area contributed by atoms with Crippen LogP contribution in [-0.2, 0) is 23.9 Å². The third-order valence-corrected chi connectivity index (χ3v) is 3.74. The van der Waals surface area contributed by atoms with Crippen LogP contribution < -0.4 is 10.1 Å². The fourth-order valence-corrected chi connectivity index (χ4v) is 2.04. The molecule has 0 aromatic heterocycles. The van der Waals surface area contributed by atoms with Gasteiger partial charge in [0, 0.05) is 0 Å². The minimum absolute atomic E-state index is 0.134. The summed E-state index contributed by atoms with van der Waals surface area (Å²) in [4.78, 5) is 46.1. The van der Waals surface area contributed by atoms with E-state index in [-0.39, 0.29) is 11.7 Å². The minimum atomic E-state index is -0.813. The zero-order chi connectivity index (χ0) is 19.5. The van der Waals surface area contributed by atoms with Crippen molar-refractivity contribution >= 4 is 24.1 Å². The van der Waals surface area contributed by atoms with Crippen LogP contribution in [0.5, 0.6) is 5.75 Å². The average Bonchev–Trinajstić information content (AvgIpc) is 2.67. The molecule has 26 heavy (non-hydrogen) atoms. The van der Waals surface area contributed by atoms with Gasteiger partial charge in [-0.05, 0) is 18.1 Å². The van der Waals surface area contributed by atoms with Crippen molar-refractivity contribution in [3.63, 3.8) is 0 Å². The number of benzene rings is 1. The maximum Gasteiger partial charge on any atom is 0.344 e. The second kappa shape index (κ2) is 10.9. The van der Waals surface area contributed by atoms with Crippen molar-refractivity contribution in [1.82, 2.24) is 5.32 Å². The van der Waals surface area contributed by atoms with E-state index in [1.807, 2.05) is 6.92 Å². The van der Waals surface area contributed by atoms with Crippen molar-refractivity contribution in [2.45, 2.75) is 26.3 Å². The largest absolute Gasteiger partial charge is 0.481 e. The Bertz CT molecular complexity index is 644. The summed E-state index contributed by atoms with van der Waals surface area (Å²) in [6.07, 6.45) is 1.26. The SMILES string of the molecule is CC[C@H](C)[C@H](NC(=O)COC(=O)COc1ccccc1C=O)C(=O)OC. The molecule has 0 aliphatic carbocycles. The topological polar surface area (TPSA) is 108 Å². The highest BCUT2D eigenvalue weighted by Crippen LogP contribution is 2.15. The molecule has 2 atom stereocenters. The van der Waals surface area contributed by atoms with E-state index in [1.54, 1.807) is 25.1 Å². The third-order valence-electron chi connectivity index (χ3n) is 3.74. The predicted octanol–water partition coefficient (Wildman–Crippen LogP) is 1.12. The number of aldehydes is 1. The van der Waals surface area contributed by atoms with Crippen LogP contribution in [0.3, 0.4) is 0 Å². The number of rotatable bonds is 10. The van der Waals surface area contributed by atoms with Gasteiger partial charge >= 0.3 is 11.9 Å². The van der Waals surface area contributed by atoms with E-state index in [4.69, 9.17) is 9.47 Å². The number of carbonyl (C=O) groups excluding carboxylic acids is 4. The Labute approximate surface area is 151 Å². The Balaban J connectivity index is 2.47. The molecule has 1 aromatic carbocycles. The smallest absolute Gasteiger partial charge is 0.344 e. The highest BCUT2D eigenvalue weighted by molar-refractivity contribution is 5.86. The molecule has 0 aliphatic heterocycles. The van der Waals surface area contributed by atoms with E-state index >= 15 is 0 Å². The summed E-state index contributed by atoms with van der Waals surface area (Å²) in [5.41, 5.74) is 0.299. The second-order valence-electron chi connectivity index (χ2n) is 5.56. The van der Waals surface area contributed by atoms with Crippen molar-refractivity contribution in [1.29, 1.82) is 0 Å². The number of para-hydroxylation sites is 1. The van der Waals surface area contributed by atoms with Gasteiger partial charge < -0.3 is 19.5 Å². The molecule has 0 aliphatic rings. The molecular formula is C18H23NO7. The van der Waals surface area contributed by atoms with Crippen molar-refractivity contribution in [3.05, 3.63) is 29.8 Å². The molecule has 1 rings (SSSR count). The molecule has 8 nitrogen and oxygen atoms in total. The maximum absolute atomic E-state index is 11.9. The number of methoxy groups -OCH3 is 1. The van der Waals surface area contributed by atoms with E-state index in [2.05, 4.69) is 10.1 Å². The van der Waals surface area contributed by atoms with Crippen LogP contribution in [0.2, 0.25) is 0 Å². The Kier molecular flexibility index (Phi) is 8.83. The first-order valence-corrected chi connectivity index (χ1v) is 8.12. The lowest BCUT2D eigenvalue weighted by Crippen LogP contribution is -2.47. The van der Waals surface area contributed by atoms with E-state index in [9.17, 15) is 19.2 Å². The van der Waals surface area contributed by atoms with Gasteiger partial charge in [0.05, 0.1) is 12.7 Å². The highest BCUT2D eigenvalue weighted by atomic mass is 16.6. The van der Waals surface area contributed by atoms with Crippen molar-refractivity contribution in [3.8, 4) is 5.75 Å². The summed E-state index contributed by atoms with van der Waals surface area (Å²) in [6, 6.07) is 5.59. The molecule has 142 valence electrons. The van der Waals surface area contributed by atoms with Gasteiger partial charge in [0.2, 0.25) is 0 Å². The number of esters is 2. The molecule has 0 spiro atoms. The number of hydrogen-bond donors (Lipinski definition) is 1. The minimum Gasteiger partial charge on any atom is -0.481 e. The summed E-state index contributed by atoms with van der Waals surface area (Å²) in [5, 5.41) is 2.49. The van der Waals surface area contributed by atoms with Crippen LogP contribution in [0.15, 0.2) is 24.3 Å².